The molecule has 1 aliphatic rings. The lowest BCUT2D eigenvalue weighted by molar-refractivity contribution is 0.364. The molecule has 0 radical (unpaired) electrons. The van der Waals surface area contributed by atoms with Gasteiger partial charge in [-0.25, -0.2) is 8.42 Å². The molecular formula is C13H20ClNO2S2. The van der Waals surface area contributed by atoms with Crippen LogP contribution in [-0.4, -0.2) is 25.8 Å². The first-order valence-electron chi connectivity index (χ1n) is 6.71. The second-order valence-electron chi connectivity index (χ2n) is 4.94. The Morgan fingerprint density at radius 1 is 1.21 bits per heavy atom. The summed E-state index contributed by atoms with van der Waals surface area (Å²) < 4.78 is 27.0. The number of thiophene rings is 1. The van der Waals surface area contributed by atoms with Crippen LogP contribution < -0.4 is 0 Å². The van der Waals surface area contributed by atoms with Gasteiger partial charge in [-0.3, -0.25) is 0 Å². The van der Waals surface area contributed by atoms with Crippen molar-refractivity contribution in [2.24, 2.45) is 0 Å². The van der Waals surface area contributed by atoms with Gasteiger partial charge in [0.25, 0.3) is 0 Å². The fourth-order valence-electron chi connectivity index (χ4n) is 2.44. The monoisotopic (exact) mass is 321 g/mol. The molecule has 1 aromatic heterocycles. The molecular weight excluding hydrogens is 302 g/mol. The van der Waals surface area contributed by atoms with Gasteiger partial charge in [0.1, 0.15) is 0 Å². The molecule has 0 bridgehead atoms. The fourth-order valence-corrected chi connectivity index (χ4v) is 5.66. The van der Waals surface area contributed by atoms with Crippen molar-refractivity contribution >= 4 is 33.0 Å². The molecule has 1 aliphatic heterocycles. The zero-order chi connectivity index (χ0) is 13.9. The van der Waals surface area contributed by atoms with E-state index in [0.717, 1.165) is 35.4 Å². The van der Waals surface area contributed by atoms with Crippen LogP contribution in [0.15, 0.2) is 11.0 Å². The summed E-state index contributed by atoms with van der Waals surface area (Å²) in [7, 11) is -3.34. The molecule has 1 aromatic rings. The molecule has 2 rings (SSSR count). The van der Waals surface area contributed by atoms with Gasteiger partial charge in [0, 0.05) is 22.8 Å². The van der Waals surface area contributed by atoms with Crippen LogP contribution in [0, 0.1) is 6.92 Å². The number of rotatable bonds is 3. The van der Waals surface area contributed by atoms with Crippen LogP contribution in [0.3, 0.4) is 0 Å². The summed E-state index contributed by atoms with van der Waals surface area (Å²) in [6.07, 6.45) is 5.40. The third-order valence-corrected chi connectivity index (χ3v) is 7.14. The largest absolute Gasteiger partial charge is 0.244 e. The Hall–Kier alpha value is -0.100. The highest BCUT2D eigenvalue weighted by atomic mass is 35.5. The van der Waals surface area contributed by atoms with Gasteiger partial charge in [0.05, 0.1) is 10.8 Å². The lowest BCUT2D eigenvalue weighted by atomic mass is 10.1. The Bertz CT molecular complexity index is 517. The molecule has 2 heterocycles. The molecule has 0 spiro atoms. The third kappa shape index (κ3) is 3.51. The maximum Gasteiger partial charge on any atom is 0.244 e. The van der Waals surface area contributed by atoms with Crippen LogP contribution in [0.2, 0.25) is 0 Å². The fraction of sp³-hybridized carbons (Fsp3) is 0.692. The normalized spacial score (nSPS) is 19.1. The Morgan fingerprint density at radius 3 is 2.32 bits per heavy atom. The average molecular weight is 322 g/mol. The van der Waals surface area contributed by atoms with Crippen LogP contribution in [0.25, 0.3) is 0 Å². The van der Waals surface area contributed by atoms with Crippen molar-refractivity contribution in [2.75, 3.05) is 13.1 Å². The van der Waals surface area contributed by atoms with E-state index in [-0.39, 0.29) is 0 Å². The molecule has 0 amide bonds. The molecule has 6 heteroatoms. The van der Waals surface area contributed by atoms with Gasteiger partial charge in [-0.2, -0.15) is 4.31 Å². The number of hydrogen-bond donors (Lipinski definition) is 0. The summed E-state index contributed by atoms with van der Waals surface area (Å²) >= 11 is 7.27. The average Bonchev–Trinajstić information content (AvgIpc) is 2.70. The van der Waals surface area contributed by atoms with Crippen molar-refractivity contribution in [3.63, 3.8) is 0 Å². The zero-order valence-electron chi connectivity index (χ0n) is 11.2. The Kier molecular flexibility index (Phi) is 5.29. The van der Waals surface area contributed by atoms with Crippen molar-refractivity contribution in [1.29, 1.82) is 0 Å². The number of alkyl halides is 1. The van der Waals surface area contributed by atoms with E-state index in [1.54, 1.807) is 10.4 Å². The Balaban J connectivity index is 2.26. The quantitative estimate of drug-likeness (QED) is 0.795. The molecule has 1 fully saturated rings. The summed E-state index contributed by atoms with van der Waals surface area (Å²) in [6.45, 7) is 3.15. The first kappa shape index (κ1) is 15.3. The molecule has 0 aliphatic carbocycles. The van der Waals surface area contributed by atoms with Crippen LogP contribution >= 0.6 is 22.9 Å². The molecule has 19 heavy (non-hydrogen) atoms. The third-order valence-electron chi connectivity index (χ3n) is 3.49. The van der Waals surface area contributed by atoms with Gasteiger partial charge in [0.2, 0.25) is 10.0 Å². The molecule has 108 valence electrons. The smallest absolute Gasteiger partial charge is 0.207 e. The minimum atomic E-state index is -3.34. The SMILES string of the molecule is Cc1sc(CCl)cc1S(=O)(=O)N1CCCCCCC1. The summed E-state index contributed by atoms with van der Waals surface area (Å²) in [5.41, 5.74) is 0. The number of hydrogen-bond acceptors (Lipinski definition) is 3. The standard InChI is InChI=1S/C13H20ClNO2S2/c1-11-13(9-12(10-14)18-11)19(16,17)15-7-5-3-2-4-6-8-15/h9H,2-8,10H2,1H3. The van der Waals surface area contributed by atoms with Gasteiger partial charge in [0.15, 0.2) is 0 Å². The first-order valence-corrected chi connectivity index (χ1v) is 9.50. The Morgan fingerprint density at radius 2 is 1.79 bits per heavy atom. The van der Waals surface area contributed by atoms with Gasteiger partial charge in [-0.05, 0) is 25.8 Å². The predicted octanol–water partition coefficient (Wildman–Crippen LogP) is 3.75. The number of aryl methyl sites for hydroxylation is 1. The van der Waals surface area contributed by atoms with Crippen LogP contribution in [0.4, 0.5) is 0 Å². The number of nitrogens with zero attached hydrogens (tertiary/aromatic N) is 1. The molecule has 0 unspecified atom stereocenters. The second-order valence-corrected chi connectivity index (χ2v) is 8.45. The molecule has 0 N–H and O–H groups in total. The van der Waals surface area contributed by atoms with E-state index in [2.05, 4.69) is 0 Å². The zero-order valence-corrected chi connectivity index (χ0v) is 13.6. The van der Waals surface area contributed by atoms with E-state index in [1.165, 1.54) is 17.8 Å². The summed E-state index contributed by atoms with van der Waals surface area (Å²) in [4.78, 5) is 2.22. The predicted molar refractivity (Wildman–Crippen MR) is 80.5 cm³/mol. The molecule has 1 saturated heterocycles. The highest BCUT2D eigenvalue weighted by Crippen LogP contribution is 2.30. The van der Waals surface area contributed by atoms with Gasteiger partial charge >= 0.3 is 0 Å². The van der Waals surface area contributed by atoms with Crippen LogP contribution in [0.5, 0.6) is 0 Å². The molecule has 3 nitrogen and oxygen atoms in total. The van der Waals surface area contributed by atoms with E-state index in [9.17, 15) is 8.42 Å². The van der Waals surface area contributed by atoms with Crippen LogP contribution in [0.1, 0.15) is 41.9 Å². The second kappa shape index (κ2) is 6.57. The number of halogens is 1. The lowest BCUT2D eigenvalue weighted by Gasteiger charge is -2.24. The summed E-state index contributed by atoms with van der Waals surface area (Å²) in [6, 6.07) is 1.74. The van der Waals surface area contributed by atoms with Crippen molar-refractivity contribution in [3.8, 4) is 0 Å². The summed E-state index contributed by atoms with van der Waals surface area (Å²) in [5.74, 6) is 0.376. The minimum absolute atomic E-state index is 0.376. The van der Waals surface area contributed by atoms with Gasteiger partial charge in [-0.15, -0.1) is 22.9 Å². The molecule has 0 saturated carbocycles. The van der Waals surface area contributed by atoms with E-state index in [1.807, 2.05) is 6.92 Å². The maximum absolute atomic E-state index is 12.7. The topological polar surface area (TPSA) is 37.4 Å². The summed E-state index contributed by atoms with van der Waals surface area (Å²) in [5, 5.41) is 0. The number of sulfonamides is 1. The van der Waals surface area contributed by atoms with Crippen LogP contribution in [-0.2, 0) is 15.9 Å². The first-order chi connectivity index (χ1) is 9.05. The minimum Gasteiger partial charge on any atom is -0.207 e. The highest BCUT2D eigenvalue weighted by molar-refractivity contribution is 7.89. The lowest BCUT2D eigenvalue weighted by Crippen LogP contribution is -2.33. The Labute approximate surface area is 124 Å². The highest BCUT2D eigenvalue weighted by Gasteiger charge is 2.27. The van der Waals surface area contributed by atoms with E-state index in [4.69, 9.17) is 11.6 Å². The van der Waals surface area contributed by atoms with Crippen molar-refractivity contribution in [2.45, 2.75) is 49.8 Å². The van der Waals surface area contributed by atoms with Gasteiger partial charge < -0.3 is 0 Å². The van der Waals surface area contributed by atoms with E-state index < -0.39 is 10.0 Å². The van der Waals surface area contributed by atoms with Crippen molar-refractivity contribution < 1.29 is 8.42 Å². The molecule has 0 atom stereocenters. The van der Waals surface area contributed by atoms with E-state index >= 15 is 0 Å². The van der Waals surface area contributed by atoms with E-state index in [0.29, 0.717) is 23.9 Å². The maximum atomic E-state index is 12.7. The van der Waals surface area contributed by atoms with Crippen molar-refractivity contribution in [1.82, 2.24) is 4.31 Å². The molecule has 0 aromatic carbocycles. The van der Waals surface area contributed by atoms with Gasteiger partial charge in [-0.1, -0.05) is 19.3 Å². The van der Waals surface area contributed by atoms with Crippen molar-refractivity contribution in [3.05, 3.63) is 15.8 Å².